The van der Waals surface area contributed by atoms with Crippen LogP contribution in [0.15, 0.2) is 0 Å². The predicted octanol–water partition coefficient (Wildman–Crippen LogP) is 5.89. The Morgan fingerprint density at radius 2 is 0.880 bits per heavy atom. The average Bonchev–Trinajstić information content (AvgIpc) is 2.60. The third kappa shape index (κ3) is 19.6. The number of hydrogen-bond donors (Lipinski definition) is 0. The van der Waals surface area contributed by atoms with Gasteiger partial charge in [0, 0.05) is 12.8 Å². The molecule has 0 aliphatic heterocycles. The van der Waals surface area contributed by atoms with Gasteiger partial charge in [-0.1, -0.05) is 90.9 Å². The van der Waals surface area contributed by atoms with Gasteiger partial charge in [-0.05, 0) is 12.8 Å². The number of unbranched alkanes of at least 4 members (excludes halogenated alkanes) is 12. The quantitative estimate of drug-likeness (QED) is 0.223. The fourth-order valence-electron chi connectivity index (χ4n) is 2.70. The lowest BCUT2D eigenvalue weighted by molar-refractivity contribution is -0.139. The largest absolute Gasteiger partial charge is 0.885 e. The fraction of sp³-hybridized carbons (Fsp3) is 0.900. The Labute approximate surface area is 161 Å². The molecule has 0 atom stereocenters. The van der Waals surface area contributed by atoms with E-state index in [9.17, 15) is 9.59 Å². The van der Waals surface area contributed by atoms with Crippen LogP contribution in [0, 0.1) is 0 Å². The van der Waals surface area contributed by atoms with Gasteiger partial charge in [0.1, 0.15) is 0 Å². The van der Waals surface area contributed by atoms with Crippen LogP contribution in [0.25, 0.3) is 0 Å². The van der Waals surface area contributed by atoms with Gasteiger partial charge in [-0.2, -0.15) is 0 Å². The standard InChI is InChI=1S/2C10H20O2.Al/c2*1-2-3-4-5-6-7-8-9-10(11)12;/h2*2-9H2,1H3,(H,11,12);/q;;+2/p-2. The molecular weight excluding hydrogens is 331 g/mol. The van der Waals surface area contributed by atoms with Crippen molar-refractivity contribution < 1.29 is 17.2 Å². The minimum atomic E-state index is -0.983. The molecule has 0 amide bonds. The van der Waals surface area contributed by atoms with Crippen LogP contribution in [0.4, 0.5) is 0 Å². The Bertz CT molecular complexity index is 291. The van der Waals surface area contributed by atoms with Crippen LogP contribution in [0.2, 0.25) is 0 Å². The summed E-state index contributed by atoms with van der Waals surface area (Å²) in [5.74, 6) is -0.459. The van der Waals surface area contributed by atoms with Gasteiger partial charge in [0.05, 0.1) is 0 Å². The van der Waals surface area contributed by atoms with Crippen LogP contribution in [0.3, 0.4) is 0 Å². The van der Waals surface area contributed by atoms with Crippen molar-refractivity contribution in [1.82, 2.24) is 0 Å². The first-order chi connectivity index (χ1) is 12.2. The highest BCUT2D eigenvalue weighted by atomic mass is 27.2. The molecule has 5 heteroatoms. The molecule has 0 N–H and O–H groups in total. The van der Waals surface area contributed by atoms with Crippen molar-refractivity contribution >= 4 is 27.8 Å². The van der Waals surface area contributed by atoms with E-state index in [1.54, 1.807) is 0 Å². The highest BCUT2D eigenvalue weighted by molar-refractivity contribution is 6.25. The Morgan fingerprint density at radius 1 is 0.560 bits per heavy atom. The highest BCUT2D eigenvalue weighted by Gasteiger charge is 2.13. The molecule has 0 saturated heterocycles. The summed E-state index contributed by atoms with van der Waals surface area (Å²) in [4.78, 5) is 23.1. The van der Waals surface area contributed by atoms with Crippen molar-refractivity contribution in [3.63, 3.8) is 0 Å². The second kappa shape index (κ2) is 19.8. The smallest absolute Gasteiger partial charge is 0.589 e. The maximum Gasteiger partial charge on any atom is 0.885 e. The molecule has 0 saturated carbocycles. The number of rotatable bonds is 18. The molecule has 25 heavy (non-hydrogen) atoms. The molecule has 0 spiro atoms. The van der Waals surface area contributed by atoms with Crippen molar-refractivity contribution in [2.75, 3.05) is 0 Å². The lowest BCUT2D eigenvalue weighted by Gasteiger charge is -2.06. The summed E-state index contributed by atoms with van der Waals surface area (Å²) in [6.07, 6.45) is 17.4. The average molecular weight is 370 g/mol. The van der Waals surface area contributed by atoms with E-state index in [1.807, 2.05) is 0 Å². The van der Waals surface area contributed by atoms with Crippen molar-refractivity contribution in [2.45, 2.75) is 117 Å². The normalized spacial score (nSPS) is 10.5. The van der Waals surface area contributed by atoms with Gasteiger partial charge in [-0.25, -0.2) is 0 Å². The summed E-state index contributed by atoms with van der Waals surface area (Å²) < 4.78 is 10.1. The second-order valence-corrected chi connectivity index (χ2v) is 7.48. The van der Waals surface area contributed by atoms with Gasteiger partial charge in [-0.3, -0.25) is 9.59 Å². The third-order valence-electron chi connectivity index (χ3n) is 4.33. The van der Waals surface area contributed by atoms with Gasteiger partial charge in [0.25, 0.3) is 11.9 Å². The number of hydrogen-bond acceptors (Lipinski definition) is 4. The Hall–Kier alpha value is -0.528. The van der Waals surface area contributed by atoms with Crippen molar-refractivity contribution in [1.29, 1.82) is 0 Å². The molecule has 0 heterocycles. The third-order valence-corrected chi connectivity index (χ3v) is 5.05. The zero-order chi connectivity index (χ0) is 18.6. The first-order valence-corrected chi connectivity index (χ1v) is 11.4. The number of carbonyl (C=O) groups excluding carboxylic acids is 2. The number of carbonyl (C=O) groups is 2. The maximum absolute atomic E-state index is 11.6. The monoisotopic (exact) mass is 369 g/mol. The van der Waals surface area contributed by atoms with E-state index < -0.39 is 15.9 Å². The first kappa shape index (κ1) is 24.5. The van der Waals surface area contributed by atoms with Crippen molar-refractivity contribution in [2.24, 2.45) is 0 Å². The Kier molecular flexibility index (Phi) is 19.4. The molecular formula is C20H38AlO4. The van der Waals surface area contributed by atoms with E-state index in [0.29, 0.717) is 12.8 Å². The molecule has 0 unspecified atom stereocenters. The minimum absolute atomic E-state index is 0.229. The molecule has 0 aliphatic rings. The van der Waals surface area contributed by atoms with E-state index >= 15 is 0 Å². The van der Waals surface area contributed by atoms with Crippen LogP contribution in [-0.4, -0.2) is 27.8 Å². The fourth-order valence-corrected chi connectivity index (χ4v) is 3.20. The van der Waals surface area contributed by atoms with Crippen molar-refractivity contribution in [3.05, 3.63) is 0 Å². The molecule has 0 aromatic heterocycles. The summed E-state index contributed by atoms with van der Waals surface area (Å²) in [5.41, 5.74) is 0. The summed E-state index contributed by atoms with van der Waals surface area (Å²) in [6.45, 7) is 4.42. The van der Waals surface area contributed by atoms with Crippen LogP contribution in [-0.2, 0) is 17.2 Å². The van der Waals surface area contributed by atoms with E-state index in [1.165, 1.54) is 64.2 Å². The topological polar surface area (TPSA) is 52.6 Å². The summed E-state index contributed by atoms with van der Waals surface area (Å²) >= 11 is -0.983. The highest BCUT2D eigenvalue weighted by Crippen LogP contribution is 2.10. The Balaban J connectivity index is 3.32. The van der Waals surface area contributed by atoms with E-state index in [4.69, 9.17) is 7.58 Å². The zero-order valence-electron chi connectivity index (χ0n) is 16.5. The van der Waals surface area contributed by atoms with Crippen LogP contribution < -0.4 is 0 Å². The lowest BCUT2D eigenvalue weighted by atomic mass is 10.1. The molecule has 4 nitrogen and oxygen atoms in total. The van der Waals surface area contributed by atoms with Gasteiger partial charge >= 0.3 is 15.9 Å². The van der Waals surface area contributed by atoms with Gasteiger partial charge in [0.2, 0.25) is 0 Å². The van der Waals surface area contributed by atoms with Crippen LogP contribution >= 0.6 is 0 Å². The lowest BCUT2D eigenvalue weighted by Crippen LogP contribution is -2.15. The summed E-state index contributed by atoms with van der Waals surface area (Å²) in [6, 6.07) is 0. The van der Waals surface area contributed by atoms with E-state index in [0.717, 1.165) is 25.7 Å². The first-order valence-electron chi connectivity index (χ1n) is 10.4. The zero-order valence-corrected chi connectivity index (χ0v) is 17.7. The van der Waals surface area contributed by atoms with Crippen LogP contribution in [0.1, 0.15) is 117 Å². The van der Waals surface area contributed by atoms with Gasteiger partial charge in [-0.15, -0.1) is 0 Å². The molecule has 0 aliphatic carbocycles. The molecule has 0 bridgehead atoms. The molecule has 0 fully saturated rings. The maximum atomic E-state index is 11.6. The second-order valence-electron chi connectivity index (χ2n) is 6.82. The van der Waals surface area contributed by atoms with Crippen LogP contribution in [0.5, 0.6) is 0 Å². The Morgan fingerprint density at radius 3 is 1.24 bits per heavy atom. The summed E-state index contributed by atoms with van der Waals surface area (Å²) in [7, 11) is 0. The van der Waals surface area contributed by atoms with Gasteiger partial charge in [0.15, 0.2) is 0 Å². The van der Waals surface area contributed by atoms with E-state index in [2.05, 4.69) is 13.8 Å². The van der Waals surface area contributed by atoms with Crippen molar-refractivity contribution in [3.8, 4) is 0 Å². The molecule has 0 aromatic rings. The molecule has 0 rings (SSSR count). The molecule has 145 valence electrons. The molecule has 0 aromatic carbocycles. The SMILES string of the molecule is CCCCCCCCCC(=O)[O][Al][O]C(=O)CCCCCCCCC. The van der Waals surface area contributed by atoms with Gasteiger partial charge < -0.3 is 7.58 Å². The molecule has 1 radical (unpaired) electrons. The predicted molar refractivity (Wildman–Crippen MR) is 103 cm³/mol. The van der Waals surface area contributed by atoms with E-state index in [-0.39, 0.29) is 11.9 Å². The minimum Gasteiger partial charge on any atom is -0.589 e. The summed E-state index contributed by atoms with van der Waals surface area (Å²) in [5, 5.41) is 0.